The van der Waals surface area contributed by atoms with E-state index in [1.165, 1.54) is 10.4 Å². The summed E-state index contributed by atoms with van der Waals surface area (Å²) in [4.78, 5) is 28.0. The molecule has 1 aromatic heterocycles. The van der Waals surface area contributed by atoms with Crippen LogP contribution in [0, 0.1) is 0 Å². The number of fused-ring (bicyclic) bond motifs is 1. The summed E-state index contributed by atoms with van der Waals surface area (Å²) in [6.45, 7) is 2.94. The number of thioether (sulfide) groups is 1. The normalized spacial score (nSPS) is 22.9. The van der Waals surface area contributed by atoms with Gasteiger partial charge in [0, 0.05) is 23.7 Å². The molecule has 3 rings (SSSR count). The Kier molecular flexibility index (Phi) is 3.54. The second-order valence-corrected chi connectivity index (χ2v) is 7.07. The second-order valence-electron chi connectivity index (χ2n) is 4.83. The topological polar surface area (TPSA) is 49.4 Å². The average Bonchev–Trinajstić information content (AvgIpc) is 2.85. The van der Waals surface area contributed by atoms with Gasteiger partial charge in [-0.15, -0.1) is 11.3 Å². The number of piperazine rings is 1. The highest BCUT2D eigenvalue weighted by atomic mass is 32.2. The number of aryl methyl sites for hydroxylation is 1. The third kappa shape index (κ3) is 2.39. The minimum atomic E-state index is -0.366. The van der Waals surface area contributed by atoms with Crippen LogP contribution in [0.5, 0.6) is 0 Å². The Hall–Kier alpha value is -1.01. The first-order chi connectivity index (χ1) is 9.16. The molecule has 0 spiro atoms. The largest absolute Gasteiger partial charge is 0.353 e. The Balaban J connectivity index is 1.83. The molecular formula is C13H16N2O2S2. The molecule has 0 radical (unpaired) electrons. The minimum Gasteiger partial charge on any atom is -0.353 e. The van der Waals surface area contributed by atoms with Gasteiger partial charge in [-0.05, 0) is 30.7 Å². The van der Waals surface area contributed by atoms with E-state index in [1.54, 1.807) is 23.2 Å². The van der Waals surface area contributed by atoms with Gasteiger partial charge in [-0.3, -0.25) is 9.59 Å². The van der Waals surface area contributed by atoms with Crippen LogP contribution in [0.1, 0.15) is 27.0 Å². The van der Waals surface area contributed by atoms with Gasteiger partial charge in [0.25, 0.3) is 5.91 Å². The molecule has 1 aromatic rings. The maximum atomic E-state index is 12.5. The smallest absolute Gasteiger partial charge is 0.264 e. The van der Waals surface area contributed by atoms with Crippen LogP contribution in [0.15, 0.2) is 6.07 Å². The van der Waals surface area contributed by atoms with Gasteiger partial charge in [0.1, 0.15) is 6.04 Å². The molecule has 1 unspecified atom stereocenters. The number of carbonyl (C=O) groups is 2. The molecular weight excluding hydrogens is 280 g/mol. The van der Waals surface area contributed by atoms with Crippen molar-refractivity contribution in [2.75, 3.05) is 18.8 Å². The van der Waals surface area contributed by atoms with E-state index in [9.17, 15) is 9.59 Å². The predicted octanol–water partition coefficient (Wildman–Crippen LogP) is 1.50. The molecule has 6 heteroatoms. The molecule has 4 nitrogen and oxygen atoms in total. The molecule has 1 saturated heterocycles. The number of hydrogen-bond acceptors (Lipinski definition) is 4. The SMILES string of the molecule is CC1C(=O)NCCN1C(=O)c1cc2c(s1)CCSC2. The zero-order valence-electron chi connectivity index (χ0n) is 10.8. The maximum absolute atomic E-state index is 12.5. The van der Waals surface area contributed by atoms with E-state index in [-0.39, 0.29) is 17.9 Å². The first kappa shape index (κ1) is 13.0. The number of nitrogens with zero attached hydrogens (tertiary/aromatic N) is 1. The Labute approximate surface area is 120 Å². The van der Waals surface area contributed by atoms with E-state index in [2.05, 4.69) is 5.32 Å². The minimum absolute atomic E-state index is 0.00625. The standard InChI is InChI=1S/C13H16N2O2S2/c1-8-12(16)14-3-4-15(8)13(17)11-6-9-7-18-5-2-10(9)19-11/h6,8H,2-5,7H2,1H3,(H,14,16). The maximum Gasteiger partial charge on any atom is 0.264 e. The fourth-order valence-electron chi connectivity index (χ4n) is 2.45. The molecule has 2 aliphatic heterocycles. The van der Waals surface area contributed by atoms with E-state index in [0.717, 1.165) is 22.8 Å². The summed E-state index contributed by atoms with van der Waals surface area (Å²) in [6.07, 6.45) is 1.06. The second kappa shape index (κ2) is 5.17. The van der Waals surface area contributed by atoms with E-state index in [1.807, 2.05) is 17.8 Å². The fourth-order valence-corrected chi connectivity index (χ4v) is 4.78. The molecule has 0 aliphatic carbocycles. The fraction of sp³-hybridized carbons (Fsp3) is 0.538. The molecule has 1 N–H and O–H groups in total. The summed E-state index contributed by atoms with van der Waals surface area (Å²) >= 11 is 3.52. The van der Waals surface area contributed by atoms with Crippen molar-refractivity contribution in [3.63, 3.8) is 0 Å². The van der Waals surface area contributed by atoms with Crippen molar-refractivity contribution >= 4 is 34.9 Å². The first-order valence-corrected chi connectivity index (χ1v) is 8.42. The Morgan fingerprint density at radius 1 is 1.53 bits per heavy atom. The summed E-state index contributed by atoms with van der Waals surface area (Å²) in [5, 5.41) is 2.78. The molecule has 0 saturated carbocycles. The average molecular weight is 296 g/mol. The van der Waals surface area contributed by atoms with Gasteiger partial charge < -0.3 is 10.2 Å². The lowest BCUT2D eigenvalue weighted by molar-refractivity contribution is -0.127. The van der Waals surface area contributed by atoms with Crippen LogP contribution in [-0.4, -0.2) is 41.6 Å². The first-order valence-electron chi connectivity index (χ1n) is 6.45. The number of carbonyl (C=O) groups excluding carboxylic acids is 2. The van der Waals surface area contributed by atoms with Crippen molar-refractivity contribution in [1.82, 2.24) is 10.2 Å². The van der Waals surface area contributed by atoms with Crippen LogP contribution >= 0.6 is 23.1 Å². The van der Waals surface area contributed by atoms with Crippen LogP contribution in [0.2, 0.25) is 0 Å². The lowest BCUT2D eigenvalue weighted by Crippen LogP contribution is -2.55. The van der Waals surface area contributed by atoms with Crippen molar-refractivity contribution in [2.45, 2.75) is 25.1 Å². The summed E-state index contributed by atoms with van der Waals surface area (Å²) in [5.41, 5.74) is 1.30. The van der Waals surface area contributed by atoms with E-state index < -0.39 is 0 Å². The van der Waals surface area contributed by atoms with Gasteiger partial charge in [0.2, 0.25) is 5.91 Å². The van der Waals surface area contributed by atoms with Crippen molar-refractivity contribution in [3.8, 4) is 0 Å². The van der Waals surface area contributed by atoms with E-state index in [4.69, 9.17) is 0 Å². The Morgan fingerprint density at radius 3 is 3.16 bits per heavy atom. The molecule has 0 aromatic carbocycles. The Bertz CT molecular complexity index is 503. The van der Waals surface area contributed by atoms with E-state index >= 15 is 0 Å². The van der Waals surface area contributed by atoms with Crippen LogP contribution in [0.3, 0.4) is 0 Å². The highest BCUT2D eigenvalue weighted by molar-refractivity contribution is 7.98. The molecule has 3 heterocycles. The van der Waals surface area contributed by atoms with Crippen molar-refractivity contribution in [2.24, 2.45) is 0 Å². The number of nitrogens with one attached hydrogen (secondary N) is 1. The van der Waals surface area contributed by atoms with Crippen molar-refractivity contribution in [1.29, 1.82) is 0 Å². The van der Waals surface area contributed by atoms with Crippen LogP contribution < -0.4 is 5.32 Å². The third-order valence-electron chi connectivity index (χ3n) is 3.60. The zero-order valence-corrected chi connectivity index (χ0v) is 12.4. The highest BCUT2D eigenvalue weighted by Gasteiger charge is 2.31. The quantitative estimate of drug-likeness (QED) is 0.854. The van der Waals surface area contributed by atoms with Crippen molar-refractivity contribution < 1.29 is 9.59 Å². The predicted molar refractivity (Wildman–Crippen MR) is 77.7 cm³/mol. The molecule has 0 bridgehead atoms. The number of amides is 2. The van der Waals surface area contributed by atoms with Gasteiger partial charge in [-0.1, -0.05) is 0 Å². The molecule has 19 heavy (non-hydrogen) atoms. The lowest BCUT2D eigenvalue weighted by Gasteiger charge is -2.32. The number of hydrogen-bond donors (Lipinski definition) is 1. The number of thiophene rings is 1. The zero-order chi connectivity index (χ0) is 13.4. The van der Waals surface area contributed by atoms with E-state index in [0.29, 0.717) is 13.1 Å². The van der Waals surface area contributed by atoms with Gasteiger partial charge in [0.05, 0.1) is 4.88 Å². The van der Waals surface area contributed by atoms with Crippen LogP contribution in [0.25, 0.3) is 0 Å². The summed E-state index contributed by atoms with van der Waals surface area (Å²) < 4.78 is 0. The molecule has 1 fully saturated rings. The van der Waals surface area contributed by atoms with Gasteiger partial charge in [-0.2, -0.15) is 11.8 Å². The summed E-state index contributed by atoms with van der Waals surface area (Å²) in [5.74, 6) is 2.10. The Morgan fingerprint density at radius 2 is 2.37 bits per heavy atom. The monoisotopic (exact) mass is 296 g/mol. The van der Waals surface area contributed by atoms with Gasteiger partial charge >= 0.3 is 0 Å². The summed E-state index contributed by atoms with van der Waals surface area (Å²) in [7, 11) is 0. The van der Waals surface area contributed by atoms with Gasteiger partial charge in [-0.25, -0.2) is 0 Å². The summed E-state index contributed by atoms with van der Waals surface area (Å²) in [6, 6.07) is 1.66. The van der Waals surface area contributed by atoms with Gasteiger partial charge in [0.15, 0.2) is 0 Å². The molecule has 1 atom stereocenters. The van der Waals surface area contributed by atoms with Crippen LogP contribution in [-0.2, 0) is 17.0 Å². The van der Waals surface area contributed by atoms with Crippen molar-refractivity contribution in [3.05, 3.63) is 21.4 Å². The number of rotatable bonds is 1. The molecule has 2 aliphatic rings. The highest BCUT2D eigenvalue weighted by Crippen LogP contribution is 2.32. The molecule has 2 amide bonds. The molecule has 102 valence electrons. The van der Waals surface area contributed by atoms with Crippen LogP contribution in [0.4, 0.5) is 0 Å². The lowest BCUT2D eigenvalue weighted by atomic mass is 10.2. The third-order valence-corrected chi connectivity index (χ3v) is 5.83.